The maximum atomic E-state index is 12.0. The van der Waals surface area contributed by atoms with Crippen LogP contribution in [-0.2, 0) is 0 Å². The highest BCUT2D eigenvalue weighted by atomic mass is 16.7. The van der Waals surface area contributed by atoms with Crippen LogP contribution in [0.15, 0.2) is 39.5 Å². The van der Waals surface area contributed by atoms with Gasteiger partial charge in [-0.1, -0.05) is 0 Å². The van der Waals surface area contributed by atoms with Gasteiger partial charge in [0.1, 0.15) is 11.3 Å². The number of benzene rings is 2. The minimum absolute atomic E-state index is 0.00281. The standard InChI is InChI=1S/C18H14O7/c1-21-14-6-12(16(22-2)18-17(14)23-8-24-18)11-7-15(20)25-13-5-9(19)3-4-10(11)13/h3-7,19H,8H2,1-2H3. The largest absolute Gasteiger partial charge is 0.508 e. The Bertz CT molecular complexity index is 1040. The Balaban J connectivity index is 2.09. The molecule has 0 spiro atoms. The van der Waals surface area contributed by atoms with Crippen molar-refractivity contribution in [2.75, 3.05) is 21.0 Å². The molecule has 0 aliphatic carbocycles. The van der Waals surface area contributed by atoms with Gasteiger partial charge in [-0.2, -0.15) is 0 Å². The molecule has 0 atom stereocenters. The Labute approximate surface area is 141 Å². The number of phenolic OH excluding ortho intramolecular Hbond substituents is 1. The van der Waals surface area contributed by atoms with Gasteiger partial charge in [0.25, 0.3) is 0 Å². The maximum absolute atomic E-state index is 12.0. The van der Waals surface area contributed by atoms with Crippen molar-refractivity contribution >= 4 is 11.0 Å². The minimum atomic E-state index is -0.549. The molecule has 7 heteroatoms. The van der Waals surface area contributed by atoms with E-state index in [1.165, 1.54) is 32.4 Å². The molecule has 0 radical (unpaired) electrons. The molecule has 25 heavy (non-hydrogen) atoms. The lowest BCUT2D eigenvalue weighted by atomic mass is 9.99. The molecule has 0 bridgehead atoms. The molecule has 1 aliphatic heterocycles. The van der Waals surface area contributed by atoms with Crippen LogP contribution in [0.4, 0.5) is 0 Å². The first kappa shape index (κ1) is 15.2. The van der Waals surface area contributed by atoms with Crippen molar-refractivity contribution in [3.8, 4) is 39.9 Å². The van der Waals surface area contributed by atoms with Crippen LogP contribution in [0.3, 0.4) is 0 Å². The summed E-state index contributed by atoms with van der Waals surface area (Å²) in [6.45, 7) is 0.0526. The normalized spacial score (nSPS) is 12.4. The molecule has 3 aromatic rings. The summed E-state index contributed by atoms with van der Waals surface area (Å²) in [4.78, 5) is 12.0. The highest BCUT2D eigenvalue weighted by molar-refractivity contribution is 5.97. The van der Waals surface area contributed by atoms with Crippen molar-refractivity contribution in [3.05, 3.63) is 40.8 Å². The lowest BCUT2D eigenvalue weighted by Gasteiger charge is -2.15. The molecular weight excluding hydrogens is 328 g/mol. The van der Waals surface area contributed by atoms with Crippen LogP contribution in [0, 0.1) is 0 Å². The predicted molar refractivity (Wildman–Crippen MR) is 88.8 cm³/mol. The molecule has 1 N–H and O–H groups in total. The van der Waals surface area contributed by atoms with Crippen LogP contribution in [0.2, 0.25) is 0 Å². The fourth-order valence-electron chi connectivity index (χ4n) is 2.94. The third-order valence-electron chi connectivity index (χ3n) is 4.01. The van der Waals surface area contributed by atoms with Gasteiger partial charge in [0.2, 0.25) is 18.3 Å². The third-order valence-corrected chi connectivity index (χ3v) is 4.01. The average molecular weight is 342 g/mol. The van der Waals surface area contributed by atoms with Gasteiger partial charge >= 0.3 is 5.63 Å². The van der Waals surface area contributed by atoms with E-state index in [1.807, 2.05) is 0 Å². The zero-order valence-corrected chi connectivity index (χ0v) is 13.5. The monoisotopic (exact) mass is 342 g/mol. The van der Waals surface area contributed by atoms with Crippen LogP contribution < -0.4 is 24.6 Å². The summed E-state index contributed by atoms with van der Waals surface area (Å²) in [7, 11) is 3.02. The Hall–Kier alpha value is -3.35. The molecule has 0 saturated heterocycles. The molecule has 2 heterocycles. The summed E-state index contributed by atoms with van der Waals surface area (Å²) >= 11 is 0. The van der Waals surface area contributed by atoms with Gasteiger partial charge < -0.3 is 28.5 Å². The van der Waals surface area contributed by atoms with Crippen LogP contribution in [0.1, 0.15) is 0 Å². The Morgan fingerprint density at radius 1 is 1.00 bits per heavy atom. The number of phenols is 1. The molecule has 2 aromatic carbocycles. The summed E-state index contributed by atoms with van der Waals surface area (Å²) in [5.74, 6) is 1.75. The van der Waals surface area contributed by atoms with Crippen molar-refractivity contribution in [3.63, 3.8) is 0 Å². The molecule has 1 aromatic heterocycles. The lowest BCUT2D eigenvalue weighted by Crippen LogP contribution is -2.00. The van der Waals surface area contributed by atoms with Crippen molar-refractivity contribution < 1.29 is 28.5 Å². The number of fused-ring (bicyclic) bond motifs is 2. The summed E-state index contributed by atoms with van der Waals surface area (Å²) < 4.78 is 27.0. The van der Waals surface area contributed by atoms with Gasteiger partial charge in [0, 0.05) is 28.6 Å². The van der Waals surface area contributed by atoms with Crippen molar-refractivity contribution in [2.24, 2.45) is 0 Å². The number of rotatable bonds is 3. The average Bonchev–Trinajstić information content (AvgIpc) is 3.08. The van der Waals surface area contributed by atoms with E-state index in [1.54, 1.807) is 12.1 Å². The highest BCUT2D eigenvalue weighted by Crippen LogP contribution is 2.53. The van der Waals surface area contributed by atoms with Crippen molar-refractivity contribution in [2.45, 2.75) is 0 Å². The number of aromatic hydroxyl groups is 1. The predicted octanol–water partition coefficient (Wildman–Crippen LogP) is 2.91. The maximum Gasteiger partial charge on any atom is 0.336 e. The molecule has 1 aliphatic rings. The second-order valence-electron chi connectivity index (χ2n) is 5.38. The van der Waals surface area contributed by atoms with Crippen LogP contribution in [0.5, 0.6) is 28.7 Å². The molecule has 7 nitrogen and oxygen atoms in total. The van der Waals surface area contributed by atoms with Gasteiger partial charge in [0.05, 0.1) is 14.2 Å². The molecule has 0 unspecified atom stereocenters. The Morgan fingerprint density at radius 2 is 1.80 bits per heavy atom. The van der Waals surface area contributed by atoms with E-state index < -0.39 is 5.63 Å². The first-order valence-electron chi connectivity index (χ1n) is 7.44. The second-order valence-corrected chi connectivity index (χ2v) is 5.38. The van der Waals surface area contributed by atoms with Crippen LogP contribution >= 0.6 is 0 Å². The molecule has 0 amide bonds. The SMILES string of the molecule is COc1cc(-c2cc(=O)oc3cc(O)ccc23)c(OC)c2c1OCO2. The van der Waals surface area contributed by atoms with Crippen molar-refractivity contribution in [1.82, 2.24) is 0 Å². The summed E-state index contributed by atoms with van der Waals surface area (Å²) in [6, 6.07) is 7.64. The fourth-order valence-corrected chi connectivity index (χ4v) is 2.94. The zero-order valence-electron chi connectivity index (χ0n) is 13.5. The highest BCUT2D eigenvalue weighted by Gasteiger charge is 2.28. The van der Waals surface area contributed by atoms with Gasteiger partial charge in [-0.05, 0) is 18.2 Å². The Kier molecular flexibility index (Phi) is 3.42. The van der Waals surface area contributed by atoms with Gasteiger partial charge in [-0.15, -0.1) is 0 Å². The number of hydrogen-bond acceptors (Lipinski definition) is 7. The molecule has 4 rings (SSSR count). The van der Waals surface area contributed by atoms with E-state index in [0.717, 1.165) is 0 Å². The minimum Gasteiger partial charge on any atom is -0.508 e. The summed E-state index contributed by atoms with van der Waals surface area (Å²) in [6.07, 6.45) is 0. The number of hydrogen-bond donors (Lipinski definition) is 1. The molecule has 0 fully saturated rings. The van der Waals surface area contributed by atoms with Gasteiger partial charge in [-0.3, -0.25) is 0 Å². The Morgan fingerprint density at radius 3 is 2.56 bits per heavy atom. The molecular formula is C18H14O7. The fraction of sp³-hybridized carbons (Fsp3) is 0.167. The van der Waals surface area contributed by atoms with Gasteiger partial charge in [0.15, 0.2) is 11.5 Å². The van der Waals surface area contributed by atoms with E-state index in [-0.39, 0.29) is 18.1 Å². The smallest absolute Gasteiger partial charge is 0.336 e. The second kappa shape index (κ2) is 5.62. The van der Waals surface area contributed by atoms with E-state index in [2.05, 4.69) is 0 Å². The van der Waals surface area contributed by atoms with Crippen molar-refractivity contribution in [1.29, 1.82) is 0 Å². The summed E-state index contributed by atoms with van der Waals surface area (Å²) in [5.41, 5.74) is 0.875. The molecule has 0 saturated carbocycles. The van der Waals surface area contributed by atoms with Crippen LogP contribution in [0.25, 0.3) is 22.1 Å². The first-order chi connectivity index (χ1) is 12.1. The first-order valence-corrected chi connectivity index (χ1v) is 7.44. The van der Waals surface area contributed by atoms with E-state index >= 15 is 0 Å². The van der Waals surface area contributed by atoms with Gasteiger partial charge in [-0.25, -0.2) is 4.79 Å². The van der Waals surface area contributed by atoms with Crippen LogP contribution in [-0.4, -0.2) is 26.1 Å². The van der Waals surface area contributed by atoms with E-state index in [9.17, 15) is 9.90 Å². The third kappa shape index (κ3) is 2.32. The lowest BCUT2D eigenvalue weighted by molar-refractivity contribution is 0.168. The number of methoxy groups -OCH3 is 2. The quantitative estimate of drug-likeness (QED) is 0.732. The summed E-state index contributed by atoms with van der Waals surface area (Å²) in [5, 5.41) is 10.3. The molecule has 128 valence electrons. The topological polar surface area (TPSA) is 87.4 Å². The number of ether oxygens (including phenoxy) is 4. The van der Waals surface area contributed by atoms with E-state index in [0.29, 0.717) is 39.5 Å². The zero-order chi connectivity index (χ0) is 17.6. The van der Waals surface area contributed by atoms with E-state index in [4.69, 9.17) is 23.4 Å².